The van der Waals surface area contributed by atoms with Gasteiger partial charge in [-0.2, -0.15) is 9.84 Å². The van der Waals surface area contributed by atoms with Gasteiger partial charge in [0.25, 0.3) is 32.7 Å². The second-order valence-electron chi connectivity index (χ2n) is 11.9. The molecule has 0 saturated carbocycles. The maximum atomic E-state index is 12.4. The van der Waals surface area contributed by atoms with Gasteiger partial charge in [-0.1, -0.05) is 4.98 Å². The number of nitrogens with zero attached hydrogens (tertiary/aromatic N) is 6. The third-order valence-corrected chi connectivity index (χ3v) is 14.1. The number of aromatic nitrogens is 8. The molecule has 6 rings (SSSR count). The van der Waals surface area contributed by atoms with Crippen molar-refractivity contribution < 1.29 is 179 Å². The Hall–Kier alpha value is -0.380. The Labute approximate surface area is 393 Å². The zero-order chi connectivity index (χ0) is 41.3. The summed E-state index contributed by atoms with van der Waals surface area (Å²) in [4.78, 5) is 90.2. The predicted molar refractivity (Wildman–Crippen MR) is 168 cm³/mol. The van der Waals surface area contributed by atoms with Crippen LogP contribution in [0.2, 0.25) is 0 Å². The van der Waals surface area contributed by atoms with Gasteiger partial charge in [-0.05, 0) is 0 Å². The first-order chi connectivity index (χ1) is 25.9. The van der Waals surface area contributed by atoms with E-state index in [1.165, 1.54) is 17.9 Å². The number of nitrogens with one attached hydrogen (secondary N) is 3. The Bertz CT molecular complexity index is 2490. The van der Waals surface area contributed by atoms with Gasteiger partial charge in [0.1, 0.15) is 36.6 Å². The van der Waals surface area contributed by atoms with Crippen LogP contribution in [0, 0.1) is 0 Å². The van der Waals surface area contributed by atoms with E-state index in [1.807, 2.05) is 0 Å². The molecule has 0 aliphatic carbocycles. The van der Waals surface area contributed by atoms with Crippen LogP contribution in [0.1, 0.15) is 12.5 Å². The van der Waals surface area contributed by atoms with E-state index in [0.29, 0.717) is 4.86 Å². The van der Waals surface area contributed by atoms with E-state index < -0.39 is 105 Å². The third-order valence-electron chi connectivity index (χ3n) is 7.92. The van der Waals surface area contributed by atoms with Crippen LogP contribution in [0.5, 0.6) is 0 Å². The minimum absolute atomic E-state index is 0. The van der Waals surface area contributed by atoms with Gasteiger partial charge in [-0.15, -0.1) is 0 Å². The summed E-state index contributed by atoms with van der Waals surface area (Å²) in [7, 11) is -23.7. The molecule has 2 aliphatic heterocycles. The fourth-order valence-electron chi connectivity index (χ4n) is 5.60. The van der Waals surface area contributed by atoms with E-state index in [1.54, 1.807) is 0 Å². The minimum Gasteiger partial charge on any atom is -0.766 e. The monoisotopic (exact) mass is 947 g/mol. The summed E-state index contributed by atoms with van der Waals surface area (Å²) in [5.74, 6) is -0.679. The normalized spacial score (nSPS) is 28.4. The maximum absolute atomic E-state index is 12.4. The molecule has 310 valence electrons. The number of H-pyrrole nitrogens is 2. The van der Waals surface area contributed by atoms with Gasteiger partial charge >= 0.3 is 94.3 Å². The smallest absolute Gasteiger partial charge is 0.766 e. The number of aryl methyl sites for hydroxylation is 1. The molecule has 38 heteroatoms. The average molecular weight is 947 g/mol. The molecule has 0 radical (unpaired) electrons. The molecular weight excluding hydrogens is 919 g/mol. The van der Waals surface area contributed by atoms with E-state index >= 15 is 0 Å². The van der Waals surface area contributed by atoms with Crippen LogP contribution in [0.25, 0.3) is 22.3 Å². The fraction of sp³-hybridized carbons (Fsp3) is 0.524. The number of ether oxygens (including phenoxy) is 2. The standard InChI is InChI=1S/C21H31N11O20P4.3Na/c1-30-5-32(15-9(30)17(38)28-21(23)26-15)19-13(36)10(33)6(50-19)2-47-53(39,40)29-54(41,42)51-56(45,46)52-55(43,44)48-3-7-11(34)12(35)18(49-7)31-4-24-8-14(31)25-20(22)27-16(8)37;;;/h4-7,10-13,18-19,33-36H,2-3H2,1H3,(H10-,22,23,25,26,27,28,29,37,38,39,40,41,42,43,44,45,46);;;/q;3*+1/p-3/t6-,7-,10-,11-,12-,13-,18-,19-;;;/m1.../s1. The first kappa shape index (κ1) is 53.0. The molecule has 0 amide bonds. The summed E-state index contributed by atoms with van der Waals surface area (Å²) in [6.07, 6.45) is -11.9. The van der Waals surface area contributed by atoms with Crippen molar-refractivity contribution in [2.75, 3.05) is 24.7 Å². The van der Waals surface area contributed by atoms with E-state index in [2.05, 4.69) is 42.6 Å². The first-order valence-corrected chi connectivity index (χ1v) is 21.2. The molecule has 31 nitrogen and oxygen atoms in total. The number of fused-ring (bicyclic) bond motifs is 2. The number of imidazole rings is 2. The number of nitrogens with two attached hydrogens (primary N) is 2. The summed E-state index contributed by atoms with van der Waals surface area (Å²) < 4.78 is 79.3. The number of phosphoric acid groups is 2. The third kappa shape index (κ3) is 11.9. The largest absolute Gasteiger partial charge is 1.00 e. The van der Waals surface area contributed by atoms with Crippen LogP contribution in [0.3, 0.4) is 0 Å². The molecule has 2 saturated heterocycles. The Balaban J connectivity index is 0.00000310. The topological polar surface area (TPSA) is 479 Å². The predicted octanol–water partition coefficient (Wildman–Crippen LogP) is -16.4. The number of rotatable bonds is 14. The van der Waals surface area contributed by atoms with Gasteiger partial charge in [0.05, 0.1) is 26.6 Å². The number of phosphoric ester groups is 1. The SMILES string of the molecule is Cn1c[n+]([C@@H]2O[C@H](COP(=O)([O-])NP(=O)([O-])OP(=O)([O-])OP(=O)([O-])OC[C@H]3O[C@@H](n4cnc5c(=O)[nH]c(N)nc54)[C@H](O)[C@@H]3O)[C@@H](O)[C@H]2O)c2nc(N)[nH]c(=O)c21.[Na+].[Na+].[Na+]. The molecule has 0 aromatic carbocycles. The van der Waals surface area contributed by atoms with Gasteiger partial charge in [0, 0.05) is 0 Å². The van der Waals surface area contributed by atoms with E-state index in [-0.39, 0.29) is 123 Å². The van der Waals surface area contributed by atoms with Crippen molar-refractivity contribution in [1.29, 1.82) is 0 Å². The van der Waals surface area contributed by atoms with Crippen LogP contribution in [0.4, 0.5) is 11.9 Å². The minimum atomic E-state index is -6.59. The molecule has 4 aromatic rings. The summed E-state index contributed by atoms with van der Waals surface area (Å²) in [6.45, 7) is -2.49. The number of nitrogen functional groups attached to an aromatic ring is 2. The Morgan fingerprint density at radius 3 is 2.07 bits per heavy atom. The number of hydrogen-bond acceptors (Lipinski definition) is 25. The fourth-order valence-corrected chi connectivity index (χ4v) is 10.8. The number of hydrogen-bond donors (Lipinski definition) is 9. The molecule has 4 unspecified atom stereocenters. The zero-order valence-electron chi connectivity index (χ0n) is 30.6. The Kier molecular flexibility index (Phi) is 17.8. The van der Waals surface area contributed by atoms with Gasteiger partial charge in [-0.3, -0.25) is 51.3 Å². The van der Waals surface area contributed by atoms with Crippen molar-refractivity contribution in [2.24, 2.45) is 7.05 Å². The van der Waals surface area contributed by atoms with Crippen molar-refractivity contribution in [2.45, 2.75) is 49.1 Å². The quantitative estimate of drug-likeness (QED) is 0.0322. The first-order valence-electron chi connectivity index (χ1n) is 15.1. The van der Waals surface area contributed by atoms with E-state index in [0.717, 1.165) is 15.5 Å². The maximum Gasteiger partial charge on any atom is 1.00 e. The molecule has 2 fully saturated rings. The van der Waals surface area contributed by atoms with Crippen LogP contribution in [0.15, 0.2) is 22.2 Å². The van der Waals surface area contributed by atoms with Crippen molar-refractivity contribution in [3.8, 4) is 0 Å². The number of aliphatic hydroxyl groups is 4. The number of aliphatic hydroxyl groups excluding tert-OH is 4. The second kappa shape index (κ2) is 19.8. The summed E-state index contributed by atoms with van der Waals surface area (Å²) in [5, 5.41) is 41.9. The molecule has 6 heterocycles. The second-order valence-corrected chi connectivity index (χ2v) is 18.3. The molecule has 11 N–H and O–H groups in total. The molecule has 2 aliphatic rings. The number of anilines is 2. The van der Waals surface area contributed by atoms with Crippen molar-refractivity contribution in [1.82, 2.24) is 38.9 Å². The van der Waals surface area contributed by atoms with Crippen molar-refractivity contribution in [3.63, 3.8) is 0 Å². The van der Waals surface area contributed by atoms with Crippen molar-refractivity contribution in [3.05, 3.63) is 33.4 Å². The van der Waals surface area contributed by atoms with E-state index in [4.69, 9.17) is 20.9 Å². The molecule has 0 bridgehead atoms. The Morgan fingerprint density at radius 1 is 0.831 bits per heavy atom. The van der Waals surface area contributed by atoms with Gasteiger partial charge < -0.3 is 70.0 Å². The van der Waals surface area contributed by atoms with Crippen LogP contribution >= 0.6 is 31.1 Å². The van der Waals surface area contributed by atoms with Crippen molar-refractivity contribution >= 4 is 65.4 Å². The average Bonchev–Trinajstić information content (AvgIpc) is 3.77. The van der Waals surface area contributed by atoms with Crippen LogP contribution in [-0.2, 0) is 52.5 Å². The molecule has 0 spiro atoms. The zero-order valence-corrected chi connectivity index (χ0v) is 40.2. The molecule has 59 heavy (non-hydrogen) atoms. The summed E-state index contributed by atoms with van der Waals surface area (Å²) in [6, 6.07) is 0. The Morgan fingerprint density at radius 2 is 1.41 bits per heavy atom. The van der Waals surface area contributed by atoms with Gasteiger partial charge in [0.2, 0.25) is 33.2 Å². The van der Waals surface area contributed by atoms with Crippen LogP contribution in [-0.4, -0.2) is 104 Å². The number of aromatic amines is 2. The molecule has 4 aromatic heterocycles. The van der Waals surface area contributed by atoms with Gasteiger partial charge in [0.15, 0.2) is 23.7 Å². The summed E-state index contributed by atoms with van der Waals surface area (Å²) in [5.41, 5.74) is 9.01. The van der Waals surface area contributed by atoms with E-state index in [9.17, 15) is 67.8 Å². The summed E-state index contributed by atoms with van der Waals surface area (Å²) >= 11 is 0. The van der Waals surface area contributed by atoms with Gasteiger partial charge in [-0.25, -0.2) is 13.9 Å². The van der Waals surface area contributed by atoms with Crippen LogP contribution < -0.4 is 140 Å². The molecule has 12 atom stereocenters. The molecular formula is C21H28N11Na3O20P4.